The third-order valence-corrected chi connectivity index (χ3v) is 2.98. The summed E-state index contributed by atoms with van der Waals surface area (Å²) in [6.45, 7) is 1.84. The summed E-state index contributed by atoms with van der Waals surface area (Å²) in [5.41, 5.74) is 7.08. The van der Waals surface area contributed by atoms with E-state index in [1.165, 1.54) is 13.2 Å². The number of rotatable bonds is 3. The number of carbonyl (C=O) groups excluding carboxylic acids is 1. The molecule has 19 heavy (non-hydrogen) atoms. The highest BCUT2D eigenvalue weighted by molar-refractivity contribution is 6.31. The topological polar surface area (TPSA) is 93.0 Å². The lowest BCUT2D eigenvalue weighted by Crippen LogP contribution is -2.13. The molecule has 7 heteroatoms. The average Bonchev–Trinajstić information content (AvgIpc) is 2.80. The minimum Gasteiger partial charge on any atom is -0.495 e. The maximum Gasteiger partial charge on any atom is 0.273 e. The highest BCUT2D eigenvalue weighted by Gasteiger charge is 2.13. The van der Waals surface area contributed by atoms with Crippen molar-refractivity contribution < 1.29 is 9.53 Å². The number of nitrogen functional groups attached to an aromatic ring is 1. The molecule has 0 aliphatic rings. The Balaban J connectivity index is 2.28. The first-order chi connectivity index (χ1) is 9.01. The molecule has 0 saturated carbocycles. The number of H-pyrrole nitrogens is 1. The van der Waals surface area contributed by atoms with Gasteiger partial charge in [-0.25, -0.2) is 0 Å². The summed E-state index contributed by atoms with van der Waals surface area (Å²) in [6, 6.07) is 4.83. The number of aryl methyl sites for hydroxylation is 1. The molecule has 4 N–H and O–H groups in total. The van der Waals surface area contributed by atoms with Gasteiger partial charge in [-0.05, 0) is 18.6 Å². The van der Waals surface area contributed by atoms with Crippen molar-refractivity contribution in [3.8, 4) is 5.75 Å². The van der Waals surface area contributed by atoms with Gasteiger partial charge in [0.1, 0.15) is 17.3 Å². The van der Waals surface area contributed by atoms with Gasteiger partial charge in [0.15, 0.2) is 0 Å². The van der Waals surface area contributed by atoms with E-state index in [2.05, 4.69) is 15.5 Å². The molecule has 1 aromatic heterocycles. The maximum atomic E-state index is 12.0. The Labute approximate surface area is 114 Å². The van der Waals surface area contributed by atoms with Crippen molar-refractivity contribution in [2.45, 2.75) is 6.92 Å². The molecular weight excluding hydrogens is 268 g/mol. The number of aromatic nitrogens is 2. The molecule has 6 nitrogen and oxygen atoms in total. The van der Waals surface area contributed by atoms with E-state index in [-0.39, 0.29) is 17.4 Å². The molecule has 1 aromatic carbocycles. The summed E-state index contributed by atoms with van der Waals surface area (Å²) in [5, 5.41) is 9.51. The zero-order valence-electron chi connectivity index (χ0n) is 10.5. The molecule has 0 aliphatic carbocycles. The van der Waals surface area contributed by atoms with Crippen LogP contribution in [0.25, 0.3) is 0 Å². The minimum atomic E-state index is -0.357. The molecule has 0 fully saturated rings. The molecule has 0 radical (unpaired) electrons. The molecular formula is C12H13ClN4O2. The lowest BCUT2D eigenvalue weighted by Gasteiger charge is -2.11. The van der Waals surface area contributed by atoms with E-state index < -0.39 is 0 Å². The van der Waals surface area contributed by atoms with Gasteiger partial charge in [-0.3, -0.25) is 9.89 Å². The molecule has 1 heterocycles. The van der Waals surface area contributed by atoms with E-state index in [0.717, 1.165) is 5.56 Å². The molecule has 2 aromatic rings. The Morgan fingerprint density at radius 2 is 2.21 bits per heavy atom. The third kappa shape index (κ3) is 2.79. The zero-order chi connectivity index (χ0) is 14.0. The Hall–Kier alpha value is -2.21. The number of nitrogens with zero attached hydrogens (tertiary/aromatic N) is 1. The Morgan fingerprint density at radius 3 is 2.79 bits per heavy atom. The van der Waals surface area contributed by atoms with Crippen molar-refractivity contribution in [3.63, 3.8) is 0 Å². The smallest absolute Gasteiger partial charge is 0.273 e. The van der Waals surface area contributed by atoms with Gasteiger partial charge in [0, 0.05) is 17.2 Å². The van der Waals surface area contributed by atoms with Crippen LogP contribution in [0.15, 0.2) is 18.2 Å². The molecule has 0 saturated heterocycles. The summed E-state index contributed by atoms with van der Waals surface area (Å²) >= 11 is 6.00. The second-order valence-corrected chi connectivity index (χ2v) is 4.37. The lowest BCUT2D eigenvalue weighted by molar-refractivity contribution is 0.102. The number of hydrogen-bond acceptors (Lipinski definition) is 4. The van der Waals surface area contributed by atoms with Crippen LogP contribution in [0.2, 0.25) is 5.02 Å². The van der Waals surface area contributed by atoms with E-state index in [1.807, 2.05) is 6.92 Å². The van der Waals surface area contributed by atoms with Crippen molar-refractivity contribution >= 4 is 29.0 Å². The largest absolute Gasteiger partial charge is 0.495 e. The first-order valence-corrected chi connectivity index (χ1v) is 5.85. The van der Waals surface area contributed by atoms with Crippen LogP contribution in [0.3, 0.4) is 0 Å². The van der Waals surface area contributed by atoms with Crippen molar-refractivity contribution in [2.24, 2.45) is 0 Å². The number of aromatic amines is 1. The fourth-order valence-electron chi connectivity index (χ4n) is 1.57. The standard InChI is InChI=1S/C12H13ClN4O2/c1-6-3-8(10(19-2)4-7(6)13)15-12(18)9-5-11(14)17-16-9/h3-5H,1-2H3,(H,15,18)(H3,14,16,17). The van der Waals surface area contributed by atoms with Crippen LogP contribution >= 0.6 is 11.6 Å². The molecule has 1 amide bonds. The van der Waals surface area contributed by atoms with Gasteiger partial charge in [-0.2, -0.15) is 5.10 Å². The van der Waals surface area contributed by atoms with Gasteiger partial charge in [-0.15, -0.1) is 0 Å². The number of methoxy groups -OCH3 is 1. The van der Waals surface area contributed by atoms with Crippen molar-refractivity contribution in [2.75, 3.05) is 18.2 Å². The van der Waals surface area contributed by atoms with E-state index in [9.17, 15) is 4.79 Å². The summed E-state index contributed by atoms with van der Waals surface area (Å²) in [4.78, 5) is 12.0. The number of ether oxygens (including phenoxy) is 1. The minimum absolute atomic E-state index is 0.254. The number of halogens is 1. The van der Waals surface area contributed by atoms with Gasteiger partial charge >= 0.3 is 0 Å². The van der Waals surface area contributed by atoms with Gasteiger partial charge in [0.25, 0.3) is 5.91 Å². The van der Waals surface area contributed by atoms with E-state index in [0.29, 0.717) is 16.5 Å². The second-order valence-electron chi connectivity index (χ2n) is 3.96. The predicted octanol–water partition coefficient (Wildman–Crippen LogP) is 2.21. The van der Waals surface area contributed by atoms with Crippen LogP contribution in [-0.4, -0.2) is 23.2 Å². The molecule has 100 valence electrons. The lowest BCUT2D eigenvalue weighted by atomic mass is 10.2. The molecule has 0 unspecified atom stereocenters. The van der Waals surface area contributed by atoms with Crippen LogP contribution in [0.5, 0.6) is 5.75 Å². The number of anilines is 2. The van der Waals surface area contributed by atoms with E-state index in [4.69, 9.17) is 22.1 Å². The van der Waals surface area contributed by atoms with Crippen LogP contribution < -0.4 is 15.8 Å². The summed E-state index contributed by atoms with van der Waals surface area (Å²) in [5.74, 6) is 0.380. The van der Waals surface area contributed by atoms with Gasteiger partial charge in [-0.1, -0.05) is 11.6 Å². The first-order valence-electron chi connectivity index (χ1n) is 5.47. The highest BCUT2D eigenvalue weighted by Crippen LogP contribution is 2.31. The molecule has 0 spiro atoms. The van der Waals surface area contributed by atoms with Crippen LogP contribution in [0.1, 0.15) is 16.1 Å². The van der Waals surface area contributed by atoms with Crippen molar-refractivity contribution in [3.05, 3.63) is 34.5 Å². The normalized spacial score (nSPS) is 10.3. The number of hydrogen-bond donors (Lipinski definition) is 3. The summed E-state index contributed by atoms with van der Waals surface area (Å²) < 4.78 is 5.17. The number of amides is 1. The number of carbonyl (C=O) groups is 1. The third-order valence-electron chi connectivity index (χ3n) is 2.57. The fraction of sp³-hybridized carbons (Fsp3) is 0.167. The molecule has 0 aliphatic heterocycles. The Bertz CT molecular complexity index is 624. The summed E-state index contributed by atoms with van der Waals surface area (Å²) in [6.07, 6.45) is 0. The van der Waals surface area contributed by atoms with Crippen molar-refractivity contribution in [1.82, 2.24) is 10.2 Å². The fourth-order valence-corrected chi connectivity index (χ4v) is 1.73. The van der Waals surface area contributed by atoms with Crippen molar-refractivity contribution in [1.29, 1.82) is 0 Å². The van der Waals surface area contributed by atoms with Crippen LogP contribution in [0, 0.1) is 6.92 Å². The predicted molar refractivity (Wildman–Crippen MR) is 73.7 cm³/mol. The van der Waals surface area contributed by atoms with Crippen LogP contribution in [0.4, 0.5) is 11.5 Å². The quantitative estimate of drug-likeness (QED) is 0.803. The monoisotopic (exact) mass is 280 g/mol. The summed E-state index contributed by atoms with van der Waals surface area (Å²) in [7, 11) is 1.50. The average molecular weight is 281 g/mol. The Kier molecular flexibility index (Phi) is 3.62. The van der Waals surface area contributed by atoms with E-state index >= 15 is 0 Å². The van der Waals surface area contributed by atoms with Gasteiger partial charge in [0.05, 0.1) is 12.8 Å². The van der Waals surface area contributed by atoms with Crippen LogP contribution in [-0.2, 0) is 0 Å². The molecule has 0 atom stereocenters. The number of nitrogens with two attached hydrogens (primary N) is 1. The number of nitrogens with one attached hydrogen (secondary N) is 2. The van der Waals surface area contributed by atoms with E-state index in [1.54, 1.807) is 12.1 Å². The molecule has 2 rings (SSSR count). The first kappa shape index (κ1) is 13.2. The SMILES string of the molecule is COc1cc(Cl)c(C)cc1NC(=O)c1cc(N)n[nH]1. The maximum absolute atomic E-state index is 12.0. The van der Waals surface area contributed by atoms with Gasteiger partial charge < -0.3 is 15.8 Å². The zero-order valence-corrected chi connectivity index (χ0v) is 11.2. The Morgan fingerprint density at radius 1 is 1.47 bits per heavy atom. The highest BCUT2D eigenvalue weighted by atomic mass is 35.5. The molecule has 0 bridgehead atoms. The second kappa shape index (κ2) is 5.19. The van der Waals surface area contributed by atoms with Gasteiger partial charge in [0.2, 0.25) is 0 Å². The number of benzene rings is 1.